The zero-order chi connectivity index (χ0) is 21.6. The maximum atomic E-state index is 13.0. The molecule has 0 aliphatic carbocycles. The molecule has 2 rings (SSSR count). The number of ether oxygens (including phenoxy) is 1. The topological polar surface area (TPSA) is 58.6 Å². The number of likely N-dealkylation sites (N-methyl/N-ethyl adjacent to an activating group) is 1. The summed E-state index contributed by atoms with van der Waals surface area (Å²) < 4.78 is 5.74. The minimum atomic E-state index is -0.611. The van der Waals surface area contributed by atoms with E-state index in [9.17, 15) is 9.59 Å². The summed E-state index contributed by atoms with van der Waals surface area (Å²) in [7, 11) is 0. The normalized spacial score (nSPS) is 11.7. The Bertz CT molecular complexity index is 859. The maximum Gasteiger partial charge on any atom is 0.261 e. The quantitative estimate of drug-likeness (QED) is 0.701. The van der Waals surface area contributed by atoms with Crippen LogP contribution in [0.15, 0.2) is 36.4 Å². The summed E-state index contributed by atoms with van der Waals surface area (Å²) in [5.41, 5.74) is 3.85. The van der Waals surface area contributed by atoms with E-state index in [2.05, 4.69) is 5.32 Å². The van der Waals surface area contributed by atoms with Crippen molar-refractivity contribution in [3.8, 4) is 5.75 Å². The Morgan fingerprint density at radius 3 is 2.38 bits per heavy atom. The molecule has 1 unspecified atom stereocenters. The van der Waals surface area contributed by atoms with Crippen molar-refractivity contribution in [3.05, 3.63) is 63.7 Å². The Morgan fingerprint density at radius 1 is 1.14 bits per heavy atom. The van der Waals surface area contributed by atoms with E-state index in [1.165, 1.54) is 0 Å². The van der Waals surface area contributed by atoms with Gasteiger partial charge < -0.3 is 15.0 Å². The van der Waals surface area contributed by atoms with Crippen LogP contribution in [-0.2, 0) is 16.1 Å². The number of carbonyl (C=O) groups excluding carboxylic acids is 2. The van der Waals surface area contributed by atoms with E-state index in [0.29, 0.717) is 23.9 Å². The molecular weight excluding hydrogens is 388 g/mol. The maximum absolute atomic E-state index is 13.0. The third-order valence-corrected chi connectivity index (χ3v) is 5.32. The molecule has 1 atom stereocenters. The summed E-state index contributed by atoms with van der Waals surface area (Å²) in [6.07, 6.45) is 0. The van der Waals surface area contributed by atoms with Crippen molar-refractivity contribution < 1.29 is 14.3 Å². The predicted octanol–water partition coefficient (Wildman–Crippen LogP) is 4.20. The van der Waals surface area contributed by atoms with E-state index in [0.717, 1.165) is 22.3 Å². The van der Waals surface area contributed by atoms with Gasteiger partial charge >= 0.3 is 0 Å². The molecule has 0 fully saturated rings. The molecule has 0 saturated heterocycles. The number of halogens is 1. The van der Waals surface area contributed by atoms with Gasteiger partial charge in [-0.1, -0.05) is 41.4 Å². The molecule has 2 amide bonds. The lowest BCUT2D eigenvalue weighted by Gasteiger charge is -2.28. The van der Waals surface area contributed by atoms with Crippen LogP contribution in [0.5, 0.6) is 5.75 Å². The third kappa shape index (κ3) is 6.23. The molecule has 0 saturated carbocycles. The molecule has 29 heavy (non-hydrogen) atoms. The highest BCUT2D eigenvalue weighted by molar-refractivity contribution is 6.32. The standard InChI is InChI=1S/C23H29ClN2O3/c1-6-25-23(28)18(5)26(13-19-9-7-8-15(2)10-19)21(27)14-29-20-11-16(3)22(24)17(4)12-20/h7-12,18H,6,13-14H2,1-5H3,(H,25,28). The van der Waals surface area contributed by atoms with Crippen molar-refractivity contribution in [3.63, 3.8) is 0 Å². The van der Waals surface area contributed by atoms with Crippen molar-refractivity contribution in [2.75, 3.05) is 13.2 Å². The number of nitrogens with one attached hydrogen (secondary N) is 1. The van der Waals surface area contributed by atoms with E-state index < -0.39 is 6.04 Å². The second kappa shape index (κ2) is 10.3. The van der Waals surface area contributed by atoms with Crippen LogP contribution in [0, 0.1) is 20.8 Å². The summed E-state index contributed by atoms with van der Waals surface area (Å²) in [6.45, 7) is 10.1. The molecule has 2 aromatic carbocycles. The number of nitrogens with zero attached hydrogens (tertiary/aromatic N) is 1. The first-order valence-corrected chi connectivity index (χ1v) is 10.1. The van der Waals surface area contributed by atoms with Crippen LogP contribution in [0.3, 0.4) is 0 Å². The number of carbonyl (C=O) groups is 2. The second-order valence-corrected chi connectivity index (χ2v) is 7.62. The lowest BCUT2D eigenvalue weighted by atomic mass is 10.1. The average molecular weight is 417 g/mol. The fourth-order valence-electron chi connectivity index (χ4n) is 3.13. The Labute approximate surface area is 178 Å². The van der Waals surface area contributed by atoms with E-state index in [1.54, 1.807) is 24.0 Å². The second-order valence-electron chi connectivity index (χ2n) is 7.24. The highest BCUT2D eigenvalue weighted by Gasteiger charge is 2.26. The summed E-state index contributed by atoms with van der Waals surface area (Å²) in [5.74, 6) is 0.140. The number of benzene rings is 2. The molecule has 0 bridgehead atoms. The van der Waals surface area contributed by atoms with Crippen molar-refractivity contribution in [2.24, 2.45) is 0 Å². The third-order valence-electron chi connectivity index (χ3n) is 4.73. The van der Waals surface area contributed by atoms with Crippen LogP contribution in [0.25, 0.3) is 0 Å². The minimum absolute atomic E-state index is 0.157. The highest BCUT2D eigenvalue weighted by atomic mass is 35.5. The van der Waals surface area contributed by atoms with Crippen LogP contribution in [-0.4, -0.2) is 35.9 Å². The molecule has 0 radical (unpaired) electrons. The molecular formula is C23H29ClN2O3. The Morgan fingerprint density at radius 2 is 1.79 bits per heavy atom. The van der Waals surface area contributed by atoms with E-state index in [-0.39, 0.29) is 18.4 Å². The highest BCUT2D eigenvalue weighted by Crippen LogP contribution is 2.26. The first kappa shape index (κ1) is 22.8. The molecule has 0 heterocycles. The molecule has 1 N–H and O–H groups in total. The lowest BCUT2D eigenvalue weighted by Crippen LogP contribution is -2.49. The van der Waals surface area contributed by atoms with Crippen LogP contribution in [0.4, 0.5) is 0 Å². The first-order valence-electron chi connectivity index (χ1n) is 9.75. The van der Waals surface area contributed by atoms with Gasteiger partial charge in [0.25, 0.3) is 5.91 Å². The van der Waals surface area contributed by atoms with Gasteiger partial charge in [-0.15, -0.1) is 0 Å². The number of amides is 2. The molecule has 0 aliphatic heterocycles. The first-order chi connectivity index (χ1) is 13.7. The largest absolute Gasteiger partial charge is 0.484 e. The monoisotopic (exact) mass is 416 g/mol. The van der Waals surface area contributed by atoms with Crippen molar-refractivity contribution in [2.45, 2.75) is 47.2 Å². The molecule has 0 aliphatic rings. The predicted molar refractivity (Wildman–Crippen MR) is 116 cm³/mol. The van der Waals surface area contributed by atoms with Gasteiger partial charge in [-0.2, -0.15) is 0 Å². The van der Waals surface area contributed by atoms with Crippen LogP contribution in [0.2, 0.25) is 5.02 Å². The van der Waals surface area contributed by atoms with E-state index in [4.69, 9.17) is 16.3 Å². The van der Waals surface area contributed by atoms with Gasteiger partial charge in [0.05, 0.1) is 0 Å². The number of hydrogen-bond acceptors (Lipinski definition) is 3. The molecule has 5 nitrogen and oxygen atoms in total. The van der Waals surface area contributed by atoms with Gasteiger partial charge in [0, 0.05) is 18.1 Å². The fraction of sp³-hybridized carbons (Fsp3) is 0.391. The number of aryl methyl sites for hydroxylation is 3. The SMILES string of the molecule is CCNC(=O)C(C)N(Cc1cccc(C)c1)C(=O)COc1cc(C)c(Cl)c(C)c1. The Hall–Kier alpha value is -2.53. The summed E-state index contributed by atoms with van der Waals surface area (Å²) in [6, 6.07) is 10.9. The molecule has 0 aromatic heterocycles. The van der Waals surface area contributed by atoms with Gasteiger partial charge in [-0.3, -0.25) is 9.59 Å². The summed E-state index contributed by atoms with van der Waals surface area (Å²) in [5, 5.41) is 3.47. The average Bonchev–Trinajstić information content (AvgIpc) is 2.68. The minimum Gasteiger partial charge on any atom is -0.484 e. The van der Waals surface area contributed by atoms with Crippen molar-refractivity contribution >= 4 is 23.4 Å². The van der Waals surface area contributed by atoms with Gasteiger partial charge in [0.2, 0.25) is 5.91 Å². The van der Waals surface area contributed by atoms with Crippen molar-refractivity contribution in [1.82, 2.24) is 10.2 Å². The van der Waals surface area contributed by atoms with Crippen LogP contribution >= 0.6 is 11.6 Å². The molecule has 156 valence electrons. The Kier molecular flexibility index (Phi) is 8.09. The van der Waals surface area contributed by atoms with Gasteiger partial charge in [-0.25, -0.2) is 0 Å². The molecule has 2 aromatic rings. The van der Waals surface area contributed by atoms with Gasteiger partial charge in [0.15, 0.2) is 6.61 Å². The smallest absolute Gasteiger partial charge is 0.261 e. The number of rotatable bonds is 8. The van der Waals surface area contributed by atoms with Crippen molar-refractivity contribution in [1.29, 1.82) is 0 Å². The molecule has 6 heteroatoms. The van der Waals surface area contributed by atoms with Gasteiger partial charge in [0.1, 0.15) is 11.8 Å². The Balaban J connectivity index is 2.18. The lowest BCUT2D eigenvalue weighted by molar-refractivity contribution is -0.142. The fourth-order valence-corrected chi connectivity index (χ4v) is 3.24. The van der Waals surface area contributed by atoms with E-state index in [1.807, 2.05) is 52.0 Å². The zero-order valence-electron chi connectivity index (χ0n) is 17.7. The number of hydrogen-bond donors (Lipinski definition) is 1. The zero-order valence-corrected chi connectivity index (χ0v) is 18.5. The van der Waals surface area contributed by atoms with Crippen LogP contribution in [0.1, 0.15) is 36.1 Å². The van der Waals surface area contributed by atoms with Gasteiger partial charge in [-0.05, 0) is 63.4 Å². The van der Waals surface area contributed by atoms with E-state index >= 15 is 0 Å². The van der Waals surface area contributed by atoms with Crippen LogP contribution < -0.4 is 10.1 Å². The summed E-state index contributed by atoms with van der Waals surface area (Å²) in [4.78, 5) is 26.9. The summed E-state index contributed by atoms with van der Waals surface area (Å²) >= 11 is 6.20. The molecule has 0 spiro atoms.